The van der Waals surface area contributed by atoms with Crippen molar-refractivity contribution in [2.45, 2.75) is 5.60 Å². The first-order chi connectivity index (χ1) is 15.2. The highest BCUT2D eigenvalue weighted by atomic mass is 19.1. The molecule has 0 saturated carbocycles. The average Bonchev–Trinajstić information content (AvgIpc) is 3.05. The average molecular weight is 448 g/mol. The van der Waals surface area contributed by atoms with Gasteiger partial charge < -0.3 is 24.4 Å². The monoisotopic (exact) mass is 448 g/mol. The van der Waals surface area contributed by atoms with Crippen molar-refractivity contribution in [1.82, 2.24) is 0 Å². The van der Waals surface area contributed by atoms with Crippen molar-refractivity contribution < 1.29 is 51.6 Å². The van der Waals surface area contributed by atoms with Crippen LogP contribution in [0.4, 0.5) is 17.6 Å². The van der Waals surface area contributed by atoms with E-state index in [1.165, 1.54) is 12.1 Å². The Balaban J connectivity index is 1.93. The zero-order chi connectivity index (χ0) is 22.9. The molecule has 0 fully saturated rings. The van der Waals surface area contributed by atoms with Crippen LogP contribution in [0.15, 0.2) is 30.3 Å². The van der Waals surface area contributed by atoms with E-state index in [4.69, 9.17) is 9.47 Å². The van der Waals surface area contributed by atoms with Gasteiger partial charge in [0.15, 0.2) is 40.2 Å². The van der Waals surface area contributed by atoms with E-state index in [1.807, 2.05) is 0 Å². The van der Waals surface area contributed by atoms with Gasteiger partial charge in [0.05, 0.1) is 16.7 Å². The number of ether oxygens (including phenoxy) is 3. The molecule has 2 aliphatic heterocycles. The summed E-state index contributed by atoms with van der Waals surface area (Å²) in [4.78, 5) is 23.3. The summed E-state index contributed by atoms with van der Waals surface area (Å²) in [6.45, 7) is 0.0951. The molecule has 2 heterocycles. The molecule has 0 unspecified atom stereocenters. The maximum Gasteiger partial charge on any atom is 0.340 e. The number of benzene rings is 3. The normalized spacial score (nSPS) is 14.8. The molecule has 0 atom stereocenters. The number of esters is 1. The summed E-state index contributed by atoms with van der Waals surface area (Å²) < 4.78 is 73.4. The second kappa shape index (κ2) is 6.36. The summed E-state index contributed by atoms with van der Waals surface area (Å²) in [6.07, 6.45) is 0. The standard InChI is InChI=1S/C21H8F4O7/c22-12-4-10-18(14(24)16(12)27)31-19-11(5-13(23)17(28)15(19)25)21(10)9-2-1-7(30-6-26)3-8(9)20(29)32-21/h1-6,27-28H. The predicted octanol–water partition coefficient (Wildman–Crippen LogP) is 3.76. The summed E-state index contributed by atoms with van der Waals surface area (Å²) in [7, 11) is 0. The topological polar surface area (TPSA) is 102 Å². The lowest BCUT2D eigenvalue weighted by Gasteiger charge is -2.36. The summed E-state index contributed by atoms with van der Waals surface area (Å²) in [5.41, 5.74) is -3.69. The lowest BCUT2D eigenvalue weighted by atomic mass is 9.77. The highest BCUT2D eigenvalue weighted by molar-refractivity contribution is 5.97. The van der Waals surface area contributed by atoms with Crippen LogP contribution in [0.3, 0.4) is 0 Å². The van der Waals surface area contributed by atoms with Crippen molar-refractivity contribution in [3.63, 3.8) is 0 Å². The molecule has 0 bridgehead atoms. The fraction of sp³-hybridized carbons (Fsp3) is 0.0476. The van der Waals surface area contributed by atoms with Crippen LogP contribution >= 0.6 is 0 Å². The third kappa shape index (κ3) is 2.30. The number of hydrogen-bond donors (Lipinski definition) is 2. The minimum atomic E-state index is -2.32. The summed E-state index contributed by atoms with van der Waals surface area (Å²) in [5.74, 6) is -12.1. The van der Waals surface area contributed by atoms with Gasteiger partial charge in [0, 0.05) is 5.56 Å². The molecule has 11 heteroatoms. The van der Waals surface area contributed by atoms with Gasteiger partial charge in [-0.2, -0.15) is 8.78 Å². The molecule has 3 aromatic carbocycles. The van der Waals surface area contributed by atoms with Crippen molar-refractivity contribution >= 4 is 12.4 Å². The molecular weight excluding hydrogens is 440 g/mol. The Morgan fingerprint density at radius 3 is 1.97 bits per heavy atom. The number of rotatable bonds is 2. The van der Waals surface area contributed by atoms with E-state index in [-0.39, 0.29) is 23.3 Å². The molecule has 3 aromatic rings. The first kappa shape index (κ1) is 19.7. The number of phenolic OH excluding ortho intramolecular Hbond substituents is 2. The lowest BCUT2D eigenvalue weighted by Crippen LogP contribution is -2.34. The van der Waals surface area contributed by atoms with E-state index in [1.54, 1.807) is 0 Å². The number of aromatic hydroxyl groups is 2. The molecule has 2 N–H and O–H groups in total. The first-order valence-corrected chi connectivity index (χ1v) is 8.79. The number of carbonyl (C=O) groups is 2. The summed E-state index contributed by atoms with van der Waals surface area (Å²) >= 11 is 0. The van der Waals surface area contributed by atoms with Crippen LogP contribution in [-0.4, -0.2) is 22.7 Å². The van der Waals surface area contributed by atoms with E-state index in [9.17, 15) is 37.4 Å². The van der Waals surface area contributed by atoms with Crippen LogP contribution in [0.5, 0.6) is 28.7 Å². The molecule has 0 amide bonds. The Hall–Kier alpha value is -4.28. The molecule has 5 rings (SSSR count). The summed E-state index contributed by atoms with van der Waals surface area (Å²) in [6, 6.07) is 4.69. The first-order valence-electron chi connectivity index (χ1n) is 8.79. The molecule has 7 nitrogen and oxygen atoms in total. The second-order valence-electron chi connectivity index (χ2n) is 6.89. The highest BCUT2D eigenvalue weighted by Crippen LogP contribution is 2.59. The second-order valence-corrected chi connectivity index (χ2v) is 6.89. The smallest absolute Gasteiger partial charge is 0.340 e. The highest BCUT2D eigenvalue weighted by Gasteiger charge is 2.56. The quantitative estimate of drug-likeness (QED) is 0.350. The minimum Gasteiger partial charge on any atom is -0.503 e. The van der Waals surface area contributed by atoms with Crippen molar-refractivity contribution in [3.8, 4) is 28.7 Å². The maximum absolute atomic E-state index is 14.8. The van der Waals surface area contributed by atoms with Crippen molar-refractivity contribution in [2.24, 2.45) is 0 Å². The van der Waals surface area contributed by atoms with Crippen molar-refractivity contribution in [1.29, 1.82) is 0 Å². The van der Waals surface area contributed by atoms with E-state index in [0.717, 1.165) is 6.07 Å². The van der Waals surface area contributed by atoms with Crippen molar-refractivity contribution in [2.75, 3.05) is 0 Å². The van der Waals surface area contributed by atoms with E-state index >= 15 is 0 Å². The third-order valence-corrected chi connectivity index (χ3v) is 5.28. The number of fused-ring (bicyclic) bond motifs is 6. The molecule has 2 aliphatic rings. The molecule has 0 radical (unpaired) electrons. The molecule has 0 saturated heterocycles. The fourth-order valence-electron chi connectivity index (χ4n) is 3.93. The molecule has 32 heavy (non-hydrogen) atoms. The van der Waals surface area contributed by atoms with Gasteiger partial charge in [0.1, 0.15) is 5.75 Å². The zero-order valence-corrected chi connectivity index (χ0v) is 15.4. The van der Waals surface area contributed by atoms with Crippen LogP contribution in [0, 0.1) is 23.3 Å². The maximum atomic E-state index is 14.8. The van der Waals surface area contributed by atoms with E-state index < -0.39 is 69.0 Å². The minimum absolute atomic E-state index is 0.0774. The van der Waals surface area contributed by atoms with Crippen LogP contribution < -0.4 is 9.47 Å². The van der Waals surface area contributed by atoms with Crippen LogP contribution in [0.25, 0.3) is 0 Å². The third-order valence-electron chi connectivity index (χ3n) is 5.28. The van der Waals surface area contributed by atoms with Gasteiger partial charge in [-0.15, -0.1) is 0 Å². The zero-order valence-electron chi connectivity index (χ0n) is 15.4. The van der Waals surface area contributed by atoms with Gasteiger partial charge in [-0.05, 0) is 30.3 Å². The predicted molar refractivity (Wildman–Crippen MR) is 94.6 cm³/mol. The van der Waals surface area contributed by atoms with Gasteiger partial charge in [-0.25, -0.2) is 13.6 Å². The number of halogens is 4. The van der Waals surface area contributed by atoms with Gasteiger partial charge in [-0.1, -0.05) is 0 Å². The van der Waals surface area contributed by atoms with Gasteiger partial charge in [0.25, 0.3) is 6.47 Å². The van der Waals surface area contributed by atoms with E-state index in [2.05, 4.69) is 4.74 Å². The van der Waals surface area contributed by atoms with Gasteiger partial charge in [0.2, 0.25) is 11.6 Å². The lowest BCUT2D eigenvalue weighted by molar-refractivity contribution is -0.120. The SMILES string of the molecule is O=COc1ccc2c(c1)C(=O)OC21c2cc(F)c(O)c(F)c2Oc2c1cc(F)c(O)c2F. The molecular formula is C21H8F4O7. The van der Waals surface area contributed by atoms with E-state index in [0.29, 0.717) is 12.1 Å². The fourth-order valence-corrected chi connectivity index (χ4v) is 3.93. The Labute approximate surface area is 175 Å². The van der Waals surface area contributed by atoms with Gasteiger partial charge >= 0.3 is 5.97 Å². The molecule has 1 spiro atoms. The van der Waals surface area contributed by atoms with Crippen LogP contribution in [0.1, 0.15) is 27.0 Å². The van der Waals surface area contributed by atoms with Crippen LogP contribution in [-0.2, 0) is 15.1 Å². The number of carbonyl (C=O) groups excluding carboxylic acids is 2. The Morgan fingerprint density at radius 2 is 1.44 bits per heavy atom. The Bertz CT molecular complexity index is 1310. The molecule has 0 aromatic heterocycles. The van der Waals surface area contributed by atoms with Crippen LogP contribution in [0.2, 0.25) is 0 Å². The number of phenols is 2. The molecule has 0 aliphatic carbocycles. The van der Waals surface area contributed by atoms with Gasteiger partial charge in [-0.3, -0.25) is 4.79 Å². The Kier molecular flexibility index (Phi) is 3.91. The summed E-state index contributed by atoms with van der Waals surface area (Å²) in [5, 5.41) is 19.3. The largest absolute Gasteiger partial charge is 0.503 e. The molecule has 162 valence electrons. The van der Waals surface area contributed by atoms with Crippen molar-refractivity contribution in [3.05, 3.63) is 75.9 Å². The Morgan fingerprint density at radius 1 is 0.875 bits per heavy atom. The number of hydrogen-bond acceptors (Lipinski definition) is 7.